The molecule has 1 fully saturated rings. The van der Waals surface area contributed by atoms with Crippen molar-refractivity contribution in [3.8, 4) is 0 Å². The van der Waals surface area contributed by atoms with Gasteiger partial charge in [0.15, 0.2) is 0 Å². The van der Waals surface area contributed by atoms with Gasteiger partial charge in [-0.2, -0.15) is 0 Å². The molecule has 114 valence electrons. The van der Waals surface area contributed by atoms with Crippen molar-refractivity contribution < 1.29 is 14.3 Å². The summed E-state index contributed by atoms with van der Waals surface area (Å²) in [7, 11) is 0. The van der Waals surface area contributed by atoms with E-state index in [1.54, 1.807) is 4.90 Å². The molecule has 0 spiro atoms. The summed E-state index contributed by atoms with van der Waals surface area (Å²) in [5.74, 6) is -0.0731. The molecule has 1 aromatic rings. The van der Waals surface area contributed by atoms with Gasteiger partial charge in [0.2, 0.25) is 5.91 Å². The van der Waals surface area contributed by atoms with Gasteiger partial charge in [-0.05, 0) is 18.4 Å². The zero-order chi connectivity index (χ0) is 15.1. The van der Waals surface area contributed by atoms with Crippen LogP contribution in [0.2, 0.25) is 0 Å². The molecule has 1 aliphatic heterocycles. The number of hydrogen-bond acceptors (Lipinski definition) is 3. The van der Waals surface area contributed by atoms with Crippen LogP contribution >= 0.6 is 0 Å². The first-order valence-corrected chi connectivity index (χ1v) is 7.44. The van der Waals surface area contributed by atoms with Crippen LogP contribution in [0.15, 0.2) is 30.3 Å². The Balaban J connectivity index is 1.75. The maximum Gasteiger partial charge on any atom is 0.410 e. The van der Waals surface area contributed by atoms with Crippen LogP contribution in [0.3, 0.4) is 0 Å². The summed E-state index contributed by atoms with van der Waals surface area (Å²) in [5, 5.41) is 2.87. The third-order valence-electron chi connectivity index (χ3n) is 3.57. The summed E-state index contributed by atoms with van der Waals surface area (Å²) in [5.41, 5.74) is 0.960. The monoisotopic (exact) mass is 290 g/mol. The number of rotatable bonds is 5. The molecule has 5 heteroatoms. The number of hydrogen-bond donors (Lipinski definition) is 1. The zero-order valence-corrected chi connectivity index (χ0v) is 12.4. The molecule has 2 amide bonds. The van der Waals surface area contributed by atoms with Crippen LogP contribution in [-0.4, -0.2) is 36.5 Å². The first-order chi connectivity index (χ1) is 10.2. The predicted molar refractivity (Wildman–Crippen MR) is 79.6 cm³/mol. The fourth-order valence-corrected chi connectivity index (χ4v) is 2.34. The van der Waals surface area contributed by atoms with Crippen LogP contribution in [0.1, 0.15) is 25.3 Å². The molecule has 0 aromatic heterocycles. The van der Waals surface area contributed by atoms with Crippen LogP contribution in [0, 0.1) is 5.92 Å². The second-order valence-electron chi connectivity index (χ2n) is 5.26. The summed E-state index contributed by atoms with van der Waals surface area (Å²) < 4.78 is 5.28. The lowest BCUT2D eigenvalue weighted by molar-refractivity contribution is -0.124. The Labute approximate surface area is 125 Å². The molecular weight excluding hydrogens is 268 g/mol. The second kappa shape index (κ2) is 7.67. The number of nitrogens with zero attached hydrogens (tertiary/aromatic N) is 1. The van der Waals surface area contributed by atoms with E-state index >= 15 is 0 Å². The van der Waals surface area contributed by atoms with E-state index in [9.17, 15) is 9.59 Å². The van der Waals surface area contributed by atoms with Crippen molar-refractivity contribution in [2.75, 3.05) is 19.6 Å². The van der Waals surface area contributed by atoms with E-state index in [0.29, 0.717) is 26.1 Å². The maximum absolute atomic E-state index is 12.0. The lowest BCUT2D eigenvalue weighted by Crippen LogP contribution is -2.35. The van der Waals surface area contributed by atoms with E-state index < -0.39 is 0 Å². The lowest BCUT2D eigenvalue weighted by atomic mass is 10.1. The lowest BCUT2D eigenvalue weighted by Gasteiger charge is -2.16. The molecule has 1 heterocycles. The highest BCUT2D eigenvalue weighted by atomic mass is 16.6. The summed E-state index contributed by atoms with van der Waals surface area (Å²) in [6, 6.07) is 9.57. The van der Waals surface area contributed by atoms with E-state index in [0.717, 1.165) is 12.0 Å². The van der Waals surface area contributed by atoms with Gasteiger partial charge >= 0.3 is 6.09 Å². The number of likely N-dealkylation sites (tertiary alicyclic amines) is 1. The van der Waals surface area contributed by atoms with Gasteiger partial charge in [-0.1, -0.05) is 37.3 Å². The van der Waals surface area contributed by atoms with Crippen LogP contribution < -0.4 is 5.32 Å². The van der Waals surface area contributed by atoms with Gasteiger partial charge < -0.3 is 15.0 Å². The number of ether oxygens (including phenoxy) is 1. The van der Waals surface area contributed by atoms with Gasteiger partial charge in [0.1, 0.15) is 6.61 Å². The Morgan fingerprint density at radius 1 is 1.33 bits per heavy atom. The van der Waals surface area contributed by atoms with Gasteiger partial charge in [-0.15, -0.1) is 0 Å². The second-order valence-corrected chi connectivity index (χ2v) is 5.26. The molecule has 0 aliphatic carbocycles. The highest BCUT2D eigenvalue weighted by Crippen LogP contribution is 2.17. The fourth-order valence-electron chi connectivity index (χ4n) is 2.34. The quantitative estimate of drug-likeness (QED) is 0.904. The molecular formula is C16H22N2O3. The molecule has 2 rings (SSSR count). The van der Waals surface area contributed by atoms with Crippen molar-refractivity contribution in [3.63, 3.8) is 0 Å². The van der Waals surface area contributed by atoms with Crippen molar-refractivity contribution in [2.45, 2.75) is 26.4 Å². The fraction of sp³-hybridized carbons (Fsp3) is 0.500. The Morgan fingerprint density at radius 3 is 2.81 bits per heavy atom. The molecule has 0 bridgehead atoms. The highest BCUT2D eigenvalue weighted by Gasteiger charge is 2.31. The van der Waals surface area contributed by atoms with Gasteiger partial charge in [-0.3, -0.25) is 4.79 Å². The van der Waals surface area contributed by atoms with Crippen LogP contribution in [0.5, 0.6) is 0 Å². The molecule has 5 nitrogen and oxygen atoms in total. The van der Waals surface area contributed by atoms with E-state index in [2.05, 4.69) is 5.32 Å². The van der Waals surface area contributed by atoms with Crippen LogP contribution in [0.4, 0.5) is 4.79 Å². The number of carbonyl (C=O) groups is 2. The summed E-state index contributed by atoms with van der Waals surface area (Å²) in [6.07, 6.45) is 1.28. The number of nitrogens with one attached hydrogen (secondary N) is 1. The van der Waals surface area contributed by atoms with Crippen molar-refractivity contribution in [3.05, 3.63) is 35.9 Å². The van der Waals surface area contributed by atoms with Gasteiger partial charge in [0.25, 0.3) is 0 Å². The molecule has 0 radical (unpaired) electrons. The van der Waals surface area contributed by atoms with Crippen molar-refractivity contribution in [1.29, 1.82) is 0 Å². The van der Waals surface area contributed by atoms with Crippen molar-refractivity contribution in [1.82, 2.24) is 10.2 Å². The number of benzene rings is 1. The van der Waals surface area contributed by atoms with Gasteiger partial charge in [-0.25, -0.2) is 4.79 Å². The highest BCUT2D eigenvalue weighted by molar-refractivity contribution is 5.80. The number of amides is 2. The predicted octanol–water partition coefficient (Wildman–Crippen LogP) is 2.17. The average Bonchev–Trinajstić information content (AvgIpc) is 3.01. The third-order valence-corrected chi connectivity index (χ3v) is 3.57. The van der Waals surface area contributed by atoms with E-state index in [1.165, 1.54) is 0 Å². The largest absolute Gasteiger partial charge is 0.445 e. The maximum atomic E-state index is 12.0. The molecule has 1 atom stereocenters. The molecule has 1 N–H and O–H groups in total. The molecule has 1 unspecified atom stereocenters. The van der Waals surface area contributed by atoms with Crippen LogP contribution in [-0.2, 0) is 16.1 Å². The first kappa shape index (κ1) is 15.4. The van der Waals surface area contributed by atoms with Crippen molar-refractivity contribution >= 4 is 12.0 Å². The van der Waals surface area contributed by atoms with E-state index in [4.69, 9.17) is 4.74 Å². The molecule has 1 aliphatic rings. The van der Waals surface area contributed by atoms with E-state index in [1.807, 2.05) is 37.3 Å². The minimum atomic E-state index is -0.343. The Kier molecular flexibility index (Phi) is 5.60. The third kappa shape index (κ3) is 4.48. The number of carbonyl (C=O) groups excluding carboxylic acids is 2. The van der Waals surface area contributed by atoms with E-state index in [-0.39, 0.29) is 24.5 Å². The summed E-state index contributed by atoms with van der Waals surface area (Å²) in [4.78, 5) is 25.4. The topological polar surface area (TPSA) is 58.6 Å². The molecule has 21 heavy (non-hydrogen) atoms. The zero-order valence-electron chi connectivity index (χ0n) is 12.4. The molecule has 0 saturated carbocycles. The minimum Gasteiger partial charge on any atom is -0.445 e. The normalized spacial score (nSPS) is 17.6. The molecule has 1 aromatic carbocycles. The smallest absolute Gasteiger partial charge is 0.410 e. The van der Waals surface area contributed by atoms with Crippen molar-refractivity contribution in [2.24, 2.45) is 5.92 Å². The van der Waals surface area contributed by atoms with Gasteiger partial charge in [0, 0.05) is 19.6 Å². The first-order valence-electron chi connectivity index (χ1n) is 7.44. The van der Waals surface area contributed by atoms with Crippen LogP contribution in [0.25, 0.3) is 0 Å². The Bertz CT molecular complexity index is 476. The average molecular weight is 290 g/mol. The molecule has 1 saturated heterocycles. The Morgan fingerprint density at radius 2 is 2.10 bits per heavy atom. The minimum absolute atomic E-state index is 0.0372. The standard InChI is InChI=1S/C16H22N2O3/c1-2-9-17-15(19)14-8-10-18(11-14)16(20)21-12-13-6-4-3-5-7-13/h3-7,14H,2,8-12H2,1H3,(H,17,19). The Hall–Kier alpha value is -2.04. The SMILES string of the molecule is CCCNC(=O)C1CCN(C(=O)OCc2ccccc2)C1. The summed E-state index contributed by atoms with van der Waals surface area (Å²) in [6.45, 7) is 4.00. The summed E-state index contributed by atoms with van der Waals surface area (Å²) >= 11 is 0. The van der Waals surface area contributed by atoms with Gasteiger partial charge in [0.05, 0.1) is 5.92 Å².